The Bertz CT molecular complexity index is 296. The minimum absolute atomic E-state index is 0.176. The summed E-state index contributed by atoms with van der Waals surface area (Å²) in [5.41, 5.74) is 3.64. The molecule has 0 saturated carbocycles. The van der Waals surface area contributed by atoms with Crippen LogP contribution in [0.3, 0.4) is 0 Å². The van der Waals surface area contributed by atoms with Crippen molar-refractivity contribution < 1.29 is 23.7 Å². The molecule has 0 spiro atoms. The number of hydrazine groups is 1. The van der Waals surface area contributed by atoms with Gasteiger partial charge in [-0.3, -0.25) is 10.6 Å². The van der Waals surface area contributed by atoms with Gasteiger partial charge in [0.2, 0.25) is 0 Å². The van der Waals surface area contributed by atoms with E-state index < -0.39 is 23.5 Å². The molecule has 1 aliphatic rings. The van der Waals surface area contributed by atoms with Crippen molar-refractivity contribution in [3.8, 4) is 0 Å². The smallest absolute Gasteiger partial charge is 0.272 e. The highest BCUT2D eigenvalue weighted by Crippen LogP contribution is 2.41. The fourth-order valence-corrected chi connectivity index (χ4v) is 2.37. The zero-order chi connectivity index (χ0) is 13.3. The van der Waals surface area contributed by atoms with Crippen molar-refractivity contribution in [3.05, 3.63) is 0 Å². The van der Waals surface area contributed by atoms with Crippen molar-refractivity contribution in [3.63, 3.8) is 0 Å². The molecule has 8 nitrogen and oxygen atoms in total. The first-order valence-electron chi connectivity index (χ1n) is 4.97. The maximum absolute atomic E-state index is 11.7. The summed E-state index contributed by atoms with van der Waals surface area (Å²) in [7, 11) is 5.49. The Morgan fingerprint density at radius 1 is 1.24 bits per heavy atom. The molecule has 100 valence electrons. The minimum Gasteiger partial charge on any atom is -0.374 e. The van der Waals surface area contributed by atoms with E-state index in [1.807, 2.05) is 0 Å². The van der Waals surface area contributed by atoms with Crippen LogP contribution in [-0.4, -0.2) is 63.5 Å². The largest absolute Gasteiger partial charge is 0.374 e. The van der Waals surface area contributed by atoms with Gasteiger partial charge < -0.3 is 24.7 Å². The lowest BCUT2D eigenvalue weighted by atomic mass is 10.0. The number of methoxy groups -OCH3 is 4. The fourth-order valence-electron chi connectivity index (χ4n) is 2.37. The van der Waals surface area contributed by atoms with Gasteiger partial charge in [0.1, 0.15) is 6.10 Å². The molecule has 0 aromatic rings. The highest BCUT2D eigenvalue weighted by Gasteiger charge is 2.71. The molecule has 1 rings (SSSR count). The van der Waals surface area contributed by atoms with Gasteiger partial charge in [-0.2, -0.15) is 0 Å². The van der Waals surface area contributed by atoms with Crippen molar-refractivity contribution in [2.24, 2.45) is 11.6 Å². The van der Waals surface area contributed by atoms with Gasteiger partial charge in [-0.25, -0.2) is 5.01 Å². The molecule has 1 heterocycles. The average Bonchev–Trinajstić information content (AvgIpc) is 2.58. The van der Waals surface area contributed by atoms with Crippen LogP contribution in [0.4, 0.5) is 0 Å². The Labute approximate surface area is 99.7 Å². The molecule has 4 N–H and O–H groups in total. The van der Waals surface area contributed by atoms with Crippen LogP contribution in [-0.2, 0) is 23.7 Å². The molecule has 1 saturated heterocycles. The normalized spacial score (nSPS) is 32.9. The number of carbonyl (C=O) groups is 1. The number of carbonyl (C=O) groups excluding carboxylic acids is 1. The van der Waals surface area contributed by atoms with Gasteiger partial charge in [0.25, 0.3) is 17.4 Å². The van der Waals surface area contributed by atoms with Crippen molar-refractivity contribution >= 4 is 5.91 Å². The maximum Gasteiger partial charge on any atom is 0.272 e. The zero-order valence-corrected chi connectivity index (χ0v) is 10.4. The van der Waals surface area contributed by atoms with Crippen LogP contribution in [0.1, 0.15) is 0 Å². The van der Waals surface area contributed by atoms with Crippen LogP contribution in [0.2, 0.25) is 0 Å². The van der Waals surface area contributed by atoms with Crippen LogP contribution < -0.4 is 11.6 Å². The monoisotopic (exact) mass is 249 g/mol. The van der Waals surface area contributed by atoms with Crippen LogP contribution in [0.15, 0.2) is 0 Å². The highest BCUT2D eigenvalue weighted by atomic mass is 16.7. The van der Waals surface area contributed by atoms with Gasteiger partial charge in [-0.1, -0.05) is 0 Å². The van der Waals surface area contributed by atoms with E-state index >= 15 is 0 Å². The number of amides is 1. The molecule has 8 heteroatoms. The van der Waals surface area contributed by atoms with Crippen molar-refractivity contribution in [1.82, 2.24) is 5.01 Å². The molecule has 1 amide bonds. The number of nitrogens with two attached hydrogens (primary N) is 2. The summed E-state index contributed by atoms with van der Waals surface area (Å²) in [5.74, 6) is 3.45. The number of primary amides is 1. The van der Waals surface area contributed by atoms with E-state index in [9.17, 15) is 4.79 Å². The summed E-state index contributed by atoms with van der Waals surface area (Å²) in [6.45, 7) is 0.176. The predicted octanol–water partition coefficient (Wildman–Crippen LogP) is -1.99. The zero-order valence-electron chi connectivity index (χ0n) is 10.4. The number of hydrogen-bond acceptors (Lipinski definition) is 7. The van der Waals surface area contributed by atoms with E-state index in [2.05, 4.69) is 0 Å². The average molecular weight is 249 g/mol. The first kappa shape index (κ1) is 14.3. The summed E-state index contributed by atoms with van der Waals surface area (Å²) < 4.78 is 21.0. The van der Waals surface area contributed by atoms with Crippen molar-refractivity contribution in [2.45, 2.75) is 17.6 Å². The third-order valence-electron chi connectivity index (χ3n) is 3.18. The first-order valence-corrected chi connectivity index (χ1v) is 4.97. The van der Waals surface area contributed by atoms with Crippen LogP contribution in [0.5, 0.6) is 0 Å². The van der Waals surface area contributed by atoms with Crippen LogP contribution in [0.25, 0.3) is 0 Å². The summed E-state index contributed by atoms with van der Waals surface area (Å²) in [6, 6.07) is 0. The minimum atomic E-state index is -1.74. The fraction of sp³-hybridized carbons (Fsp3) is 0.889. The molecule has 2 atom stereocenters. The van der Waals surface area contributed by atoms with Gasteiger partial charge in [0, 0.05) is 35.0 Å². The Morgan fingerprint density at radius 2 is 1.76 bits per heavy atom. The summed E-state index contributed by atoms with van der Waals surface area (Å²) in [4.78, 5) is 11.7. The Hall–Kier alpha value is -0.770. The molecule has 0 radical (unpaired) electrons. The van der Waals surface area contributed by atoms with Crippen molar-refractivity contribution in [2.75, 3.05) is 35.0 Å². The molecule has 0 aromatic heterocycles. The standard InChI is InChI=1S/C9H19N3O5/c1-14-6-5-12(11)8(15-2,7(10)13)9(6,16-3)17-4/h6H,5,11H2,1-4H3,(H2,10,13)/t6?,8-/m0/s1. The SMILES string of the molecule is COC1CN(N)[C@](OC)(C(N)=O)C1(OC)OC. The quantitative estimate of drug-likeness (QED) is 0.428. The van der Waals surface area contributed by atoms with E-state index in [4.69, 9.17) is 30.5 Å². The molecule has 1 fully saturated rings. The topological polar surface area (TPSA) is 109 Å². The lowest BCUT2D eigenvalue weighted by molar-refractivity contribution is -0.332. The third kappa shape index (κ3) is 1.57. The number of rotatable bonds is 5. The lowest BCUT2D eigenvalue weighted by Gasteiger charge is -2.43. The van der Waals surface area contributed by atoms with E-state index in [1.165, 1.54) is 28.4 Å². The molecule has 0 aromatic carbocycles. The Balaban J connectivity index is 3.37. The number of ether oxygens (including phenoxy) is 4. The Morgan fingerprint density at radius 3 is 2.06 bits per heavy atom. The summed E-state index contributed by atoms with van der Waals surface area (Å²) in [5, 5.41) is 1.12. The third-order valence-corrected chi connectivity index (χ3v) is 3.18. The molecule has 0 bridgehead atoms. The second kappa shape index (κ2) is 4.84. The summed E-state index contributed by atoms with van der Waals surface area (Å²) >= 11 is 0. The highest BCUT2D eigenvalue weighted by molar-refractivity contribution is 5.85. The predicted molar refractivity (Wildman–Crippen MR) is 57.4 cm³/mol. The van der Waals surface area contributed by atoms with Crippen molar-refractivity contribution in [1.29, 1.82) is 0 Å². The van der Waals surface area contributed by atoms with Gasteiger partial charge in [-0.15, -0.1) is 0 Å². The lowest BCUT2D eigenvalue weighted by Crippen LogP contribution is -2.71. The second-order valence-electron chi connectivity index (χ2n) is 3.66. The van der Waals surface area contributed by atoms with Gasteiger partial charge >= 0.3 is 0 Å². The van der Waals surface area contributed by atoms with E-state index in [0.717, 1.165) is 5.01 Å². The Kier molecular flexibility index (Phi) is 4.07. The molecule has 0 aliphatic carbocycles. The van der Waals surface area contributed by atoms with E-state index in [-0.39, 0.29) is 6.54 Å². The number of nitrogens with zero attached hydrogens (tertiary/aromatic N) is 1. The molecular weight excluding hydrogens is 230 g/mol. The van der Waals surface area contributed by atoms with Gasteiger partial charge in [0.05, 0.1) is 0 Å². The summed E-state index contributed by atoms with van der Waals surface area (Å²) in [6.07, 6.45) is -0.616. The first-order chi connectivity index (χ1) is 7.96. The van der Waals surface area contributed by atoms with Gasteiger partial charge in [0.15, 0.2) is 0 Å². The maximum atomic E-state index is 11.7. The molecule has 1 unspecified atom stereocenters. The van der Waals surface area contributed by atoms with Crippen LogP contribution in [0, 0.1) is 0 Å². The van der Waals surface area contributed by atoms with E-state index in [1.54, 1.807) is 0 Å². The second-order valence-corrected chi connectivity index (χ2v) is 3.66. The molecule has 17 heavy (non-hydrogen) atoms. The van der Waals surface area contributed by atoms with E-state index in [0.29, 0.717) is 0 Å². The van der Waals surface area contributed by atoms with Crippen LogP contribution >= 0.6 is 0 Å². The number of hydrogen-bond donors (Lipinski definition) is 2. The van der Waals surface area contributed by atoms with Gasteiger partial charge in [-0.05, 0) is 0 Å². The molecule has 1 aliphatic heterocycles. The molecular formula is C9H19N3O5.